The van der Waals surface area contributed by atoms with Gasteiger partial charge < -0.3 is 20.1 Å². The summed E-state index contributed by atoms with van der Waals surface area (Å²) in [6.07, 6.45) is -2.60. The third kappa shape index (κ3) is 2.24. The summed E-state index contributed by atoms with van der Waals surface area (Å²) in [4.78, 5) is 3.57. The second-order valence-corrected chi connectivity index (χ2v) is 5.92. The molecule has 0 aliphatic carbocycles. The van der Waals surface area contributed by atoms with Gasteiger partial charge in [-0.3, -0.25) is 0 Å². The number of nitrogens with zero attached hydrogens (tertiary/aromatic N) is 3. The summed E-state index contributed by atoms with van der Waals surface area (Å²) in [6.45, 7) is -0.470. The van der Waals surface area contributed by atoms with E-state index in [1.165, 1.54) is 0 Å². The summed E-state index contributed by atoms with van der Waals surface area (Å²) in [5.41, 5.74) is 0. The normalized spacial score (nSPS) is 32.9. The molecule has 18 heavy (non-hydrogen) atoms. The zero-order valence-electron chi connectivity index (χ0n) is 9.41. The summed E-state index contributed by atoms with van der Waals surface area (Å²) in [6, 6.07) is 0. The lowest BCUT2D eigenvalue weighted by molar-refractivity contribution is -0.0592. The Morgan fingerprint density at radius 2 is 2.11 bits per heavy atom. The van der Waals surface area contributed by atoms with Crippen molar-refractivity contribution in [2.75, 3.05) is 12.9 Å². The molecule has 0 saturated carbocycles. The number of sulfone groups is 1. The van der Waals surface area contributed by atoms with Crippen LogP contribution in [0.15, 0.2) is 11.5 Å². The van der Waals surface area contributed by atoms with Crippen LogP contribution in [0.2, 0.25) is 0 Å². The molecule has 0 spiro atoms. The Kier molecular flexibility index (Phi) is 3.38. The van der Waals surface area contributed by atoms with Gasteiger partial charge in [0.15, 0.2) is 6.23 Å². The van der Waals surface area contributed by atoms with Crippen LogP contribution in [-0.2, 0) is 14.6 Å². The van der Waals surface area contributed by atoms with Gasteiger partial charge in [0, 0.05) is 6.26 Å². The van der Waals surface area contributed by atoms with Gasteiger partial charge in [0.25, 0.3) is 5.16 Å². The minimum absolute atomic E-state index is 0.403. The molecule has 0 unspecified atom stereocenters. The molecule has 4 atom stereocenters. The van der Waals surface area contributed by atoms with Crippen LogP contribution >= 0.6 is 0 Å². The lowest BCUT2D eigenvalue weighted by atomic mass is 10.1. The molecule has 0 amide bonds. The van der Waals surface area contributed by atoms with E-state index in [2.05, 4.69) is 10.1 Å². The first-order valence-electron chi connectivity index (χ1n) is 5.08. The Morgan fingerprint density at radius 3 is 2.56 bits per heavy atom. The van der Waals surface area contributed by atoms with E-state index in [-0.39, 0.29) is 0 Å². The predicted octanol–water partition coefficient (Wildman–Crippen LogP) is -2.71. The number of rotatable bonds is 3. The second kappa shape index (κ2) is 4.55. The van der Waals surface area contributed by atoms with E-state index >= 15 is 0 Å². The smallest absolute Gasteiger partial charge is 0.266 e. The molecule has 0 bridgehead atoms. The first-order chi connectivity index (χ1) is 8.34. The molecule has 9 nitrogen and oxygen atoms in total. The molecular formula is C8H13N3O6S. The van der Waals surface area contributed by atoms with Crippen molar-refractivity contribution in [2.24, 2.45) is 0 Å². The van der Waals surface area contributed by atoms with Crippen LogP contribution in [0.4, 0.5) is 0 Å². The van der Waals surface area contributed by atoms with Crippen LogP contribution in [0.3, 0.4) is 0 Å². The Labute approximate surface area is 103 Å². The van der Waals surface area contributed by atoms with Gasteiger partial charge in [-0.1, -0.05) is 0 Å². The Bertz CT molecular complexity index is 529. The van der Waals surface area contributed by atoms with Crippen molar-refractivity contribution in [1.82, 2.24) is 14.8 Å². The van der Waals surface area contributed by atoms with Crippen LogP contribution in [0.5, 0.6) is 0 Å². The largest absolute Gasteiger partial charge is 0.394 e. The van der Waals surface area contributed by atoms with Gasteiger partial charge in [0.2, 0.25) is 9.84 Å². The molecule has 102 valence electrons. The Morgan fingerprint density at radius 1 is 1.44 bits per heavy atom. The standard InChI is InChI=1S/C8H13N3O6S/c1-18(15,16)8-9-3-11(10-8)7-6(14)5(13)4(2-12)17-7/h3-7,12-14H,2H2,1H3/t4-,5+,6+,7-/m0/s1. The quantitative estimate of drug-likeness (QED) is 0.543. The average molecular weight is 279 g/mol. The first-order valence-corrected chi connectivity index (χ1v) is 6.97. The van der Waals surface area contributed by atoms with Crippen LogP contribution in [0, 0.1) is 0 Å². The van der Waals surface area contributed by atoms with E-state index in [0.29, 0.717) is 0 Å². The maximum atomic E-state index is 11.2. The van der Waals surface area contributed by atoms with E-state index in [4.69, 9.17) is 9.84 Å². The fourth-order valence-electron chi connectivity index (χ4n) is 1.65. The second-order valence-electron chi connectivity index (χ2n) is 4.01. The SMILES string of the molecule is CS(=O)(=O)c1ncn([C@H]2O[C@@H](CO)[C@@H](O)[C@H]2O)n1. The maximum absolute atomic E-state index is 11.2. The molecule has 1 aliphatic heterocycles. The van der Waals surface area contributed by atoms with Gasteiger partial charge in [-0.05, 0) is 0 Å². The predicted molar refractivity (Wildman–Crippen MR) is 56.1 cm³/mol. The topological polar surface area (TPSA) is 135 Å². The Hall–Kier alpha value is -1.07. The van der Waals surface area contributed by atoms with Crippen molar-refractivity contribution in [2.45, 2.75) is 29.7 Å². The molecule has 1 aromatic rings. The lowest BCUT2D eigenvalue weighted by Crippen LogP contribution is -2.33. The van der Waals surface area contributed by atoms with Gasteiger partial charge in [-0.25, -0.2) is 18.1 Å². The number of aliphatic hydroxyl groups is 3. The van der Waals surface area contributed by atoms with Gasteiger partial charge in [-0.2, -0.15) is 0 Å². The van der Waals surface area contributed by atoms with Crippen molar-refractivity contribution >= 4 is 9.84 Å². The van der Waals surface area contributed by atoms with E-state index in [9.17, 15) is 18.6 Å². The van der Waals surface area contributed by atoms with Crippen molar-refractivity contribution in [3.05, 3.63) is 6.33 Å². The highest BCUT2D eigenvalue weighted by atomic mass is 32.2. The van der Waals surface area contributed by atoms with Crippen molar-refractivity contribution in [3.63, 3.8) is 0 Å². The molecule has 0 radical (unpaired) electrons. The molecule has 2 heterocycles. The van der Waals surface area contributed by atoms with Gasteiger partial charge in [0.05, 0.1) is 6.61 Å². The minimum atomic E-state index is -3.55. The molecule has 1 aliphatic rings. The van der Waals surface area contributed by atoms with Gasteiger partial charge >= 0.3 is 0 Å². The molecule has 3 N–H and O–H groups in total. The zero-order valence-corrected chi connectivity index (χ0v) is 10.2. The summed E-state index contributed by atoms with van der Waals surface area (Å²) in [5, 5.41) is 31.4. The highest BCUT2D eigenvalue weighted by Gasteiger charge is 2.44. The van der Waals surface area contributed by atoms with Crippen molar-refractivity contribution in [1.29, 1.82) is 0 Å². The lowest BCUT2D eigenvalue weighted by Gasteiger charge is -2.13. The third-order valence-corrected chi connectivity index (χ3v) is 3.45. The summed E-state index contributed by atoms with van der Waals surface area (Å²) < 4.78 is 28.6. The number of aromatic nitrogens is 3. The van der Waals surface area contributed by atoms with E-state index in [1.54, 1.807) is 0 Å². The van der Waals surface area contributed by atoms with E-state index in [0.717, 1.165) is 17.3 Å². The summed E-state index contributed by atoms with van der Waals surface area (Å²) in [7, 11) is -3.55. The Balaban J connectivity index is 2.25. The molecule has 0 aromatic carbocycles. The van der Waals surface area contributed by atoms with Crippen LogP contribution in [0.25, 0.3) is 0 Å². The van der Waals surface area contributed by atoms with Crippen LogP contribution in [-0.4, -0.2) is 69.7 Å². The fourth-order valence-corrected chi connectivity index (χ4v) is 2.13. The van der Waals surface area contributed by atoms with E-state index < -0.39 is 46.1 Å². The van der Waals surface area contributed by atoms with Crippen LogP contribution < -0.4 is 0 Å². The van der Waals surface area contributed by atoms with Crippen LogP contribution in [0.1, 0.15) is 6.23 Å². The molecule has 2 rings (SSSR count). The first kappa shape index (κ1) is 13.4. The maximum Gasteiger partial charge on any atom is 0.266 e. The van der Waals surface area contributed by atoms with Crippen molar-refractivity contribution in [3.8, 4) is 0 Å². The summed E-state index contributed by atoms with van der Waals surface area (Å²) in [5.74, 6) is 0. The average Bonchev–Trinajstić information content (AvgIpc) is 2.86. The molecule has 1 aromatic heterocycles. The molecule has 1 saturated heterocycles. The molecule has 10 heteroatoms. The highest BCUT2D eigenvalue weighted by molar-refractivity contribution is 7.90. The molecular weight excluding hydrogens is 266 g/mol. The zero-order chi connectivity index (χ0) is 13.5. The van der Waals surface area contributed by atoms with Gasteiger partial charge in [0.1, 0.15) is 24.6 Å². The number of hydrogen-bond donors (Lipinski definition) is 3. The fraction of sp³-hybridized carbons (Fsp3) is 0.750. The third-order valence-electron chi connectivity index (χ3n) is 2.60. The van der Waals surface area contributed by atoms with E-state index in [1.807, 2.05) is 0 Å². The highest BCUT2D eigenvalue weighted by Crippen LogP contribution is 2.28. The monoisotopic (exact) mass is 279 g/mol. The minimum Gasteiger partial charge on any atom is -0.394 e. The molecule has 1 fully saturated rings. The van der Waals surface area contributed by atoms with Gasteiger partial charge in [-0.15, -0.1) is 5.10 Å². The van der Waals surface area contributed by atoms with Crippen molar-refractivity contribution < 1.29 is 28.5 Å². The summed E-state index contributed by atoms with van der Waals surface area (Å²) >= 11 is 0. The number of aliphatic hydroxyl groups excluding tert-OH is 3. The number of ether oxygens (including phenoxy) is 1. The number of hydrogen-bond acceptors (Lipinski definition) is 8.